The Labute approximate surface area is 156 Å². The molecule has 1 heterocycles. The van der Waals surface area contributed by atoms with Crippen LogP contribution in [0, 0.1) is 11.6 Å². The molecule has 136 valence electrons. The molecule has 0 saturated carbocycles. The summed E-state index contributed by atoms with van der Waals surface area (Å²) in [7, 11) is -3.51. The van der Waals surface area contributed by atoms with Crippen molar-refractivity contribution in [3.8, 4) is 0 Å². The minimum Gasteiger partial charge on any atom is -0.321 e. The van der Waals surface area contributed by atoms with Crippen LogP contribution >= 0.6 is 22.9 Å². The van der Waals surface area contributed by atoms with E-state index in [9.17, 15) is 22.0 Å². The number of hydrogen-bond donors (Lipinski definition) is 2. The van der Waals surface area contributed by atoms with Crippen LogP contribution in [0.4, 0.5) is 20.2 Å². The van der Waals surface area contributed by atoms with Gasteiger partial charge in [-0.3, -0.25) is 9.52 Å². The van der Waals surface area contributed by atoms with Crippen LogP contribution in [0.25, 0.3) is 10.1 Å². The van der Waals surface area contributed by atoms with Gasteiger partial charge in [0, 0.05) is 20.8 Å². The summed E-state index contributed by atoms with van der Waals surface area (Å²) in [6, 6.07) is 7.85. The van der Waals surface area contributed by atoms with Crippen molar-refractivity contribution >= 4 is 60.3 Å². The van der Waals surface area contributed by atoms with Crippen molar-refractivity contribution in [2.75, 3.05) is 16.3 Å². The number of sulfonamides is 1. The molecule has 0 atom stereocenters. The smallest absolute Gasteiger partial charge is 0.265 e. The number of thiophene rings is 1. The summed E-state index contributed by atoms with van der Waals surface area (Å²) in [6.45, 7) is 0. The predicted octanol–water partition coefficient (Wildman–Crippen LogP) is 4.46. The molecule has 0 aliphatic heterocycles. The Morgan fingerprint density at radius 3 is 2.50 bits per heavy atom. The van der Waals surface area contributed by atoms with Crippen LogP contribution in [0.5, 0.6) is 0 Å². The first-order chi connectivity index (χ1) is 12.1. The summed E-state index contributed by atoms with van der Waals surface area (Å²) in [4.78, 5) is 12.6. The lowest BCUT2D eigenvalue weighted by atomic mass is 10.2. The molecule has 2 N–H and O–H groups in total. The Morgan fingerprint density at radius 1 is 1.12 bits per heavy atom. The molecule has 3 rings (SSSR count). The number of carbonyl (C=O) groups is 1. The van der Waals surface area contributed by atoms with Crippen molar-refractivity contribution in [3.63, 3.8) is 0 Å². The van der Waals surface area contributed by atoms with Gasteiger partial charge in [0.05, 0.1) is 16.8 Å². The van der Waals surface area contributed by atoms with E-state index in [1.54, 1.807) is 0 Å². The van der Waals surface area contributed by atoms with Crippen LogP contribution in [0.1, 0.15) is 9.67 Å². The molecule has 0 spiro atoms. The van der Waals surface area contributed by atoms with E-state index in [-0.39, 0.29) is 26.7 Å². The maximum absolute atomic E-state index is 13.8. The van der Waals surface area contributed by atoms with Gasteiger partial charge in [-0.25, -0.2) is 17.2 Å². The monoisotopic (exact) mass is 416 g/mol. The first-order valence-electron chi connectivity index (χ1n) is 7.10. The third-order valence-corrected chi connectivity index (χ3v) is 5.19. The Balaban J connectivity index is 1.89. The SMILES string of the molecule is CS(=O)(=O)Nc1cc(Cl)cc(NC(=O)c2cc3c(F)c(F)ccc3s2)c1. The van der Waals surface area contributed by atoms with Crippen molar-refractivity contribution < 1.29 is 22.0 Å². The lowest BCUT2D eigenvalue weighted by Crippen LogP contribution is -2.12. The zero-order chi connectivity index (χ0) is 19.1. The summed E-state index contributed by atoms with van der Waals surface area (Å²) < 4.78 is 52.4. The van der Waals surface area contributed by atoms with Crippen molar-refractivity contribution in [2.24, 2.45) is 0 Å². The van der Waals surface area contributed by atoms with Crippen LogP contribution in [-0.2, 0) is 10.0 Å². The molecule has 0 unspecified atom stereocenters. The fourth-order valence-corrected chi connectivity index (χ4v) is 4.02. The van der Waals surface area contributed by atoms with Crippen molar-refractivity contribution in [3.05, 3.63) is 57.9 Å². The molecule has 1 amide bonds. The van der Waals surface area contributed by atoms with E-state index in [0.717, 1.165) is 23.7 Å². The van der Waals surface area contributed by atoms with Gasteiger partial charge >= 0.3 is 0 Å². The average Bonchev–Trinajstić information content (AvgIpc) is 2.93. The number of benzene rings is 2. The van der Waals surface area contributed by atoms with Gasteiger partial charge in [-0.05, 0) is 36.4 Å². The van der Waals surface area contributed by atoms with Crippen LogP contribution in [-0.4, -0.2) is 20.6 Å². The largest absolute Gasteiger partial charge is 0.321 e. The van der Waals surface area contributed by atoms with Gasteiger partial charge in [-0.1, -0.05) is 11.6 Å². The van der Waals surface area contributed by atoms with Crippen LogP contribution in [0.3, 0.4) is 0 Å². The standard InChI is InChI=1S/C16H11ClF2N2O3S2/c1-26(23,24)21-10-5-8(17)4-9(6-10)20-16(22)14-7-11-13(25-14)3-2-12(18)15(11)19/h2-7,21H,1H3,(H,20,22). The summed E-state index contributed by atoms with van der Waals surface area (Å²) in [5, 5.41) is 2.78. The van der Waals surface area contributed by atoms with E-state index in [1.807, 2.05) is 0 Å². The Bertz CT molecular complexity index is 1130. The number of fused-ring (bicyclic) bond motifs is 1. The summed E-state index contributed by atoms with van der Waals surface area (Å²) in [6.07, 6.45) is 0.983. The lowest BCUT2D eigenvalue weighted by Gasteiger charge is -2.09. The molecule has 5 nitrogen and oxygen atoms in total. The highest BCUT2D eigenvalue weighted by Crippen LogP contribution is 2.30. The normalized spacial score (nSPS) is 11.5. The fraction of sp³-hybridized carbons (Fsp3) is 0.0625. The van der Waals surface area contributed by atoms with Gasteiger partial charge in [-0.15, -0.1) is 11.3 Å². The molecule has 10 heteroatoms. The second-order valence-electron chi connectivity index (χ2n) is 5.44. The highest BCUT2D eigenvalue weighted by Gasteiger charge is 2.16. The number of carbonyl (C=O) groups excluding carboxylic acids is 1. The molecule has 0 aliphatic carbocycles. The number of nitrogens with one attached hydrogen (secondary N) is 2. The van der Waals surface area contributed by atoms with Crippen molar-refractivity contribution in [2.45, 2.75) is 0 Å². The average molecular weight is 417 g/mol. The third kappa shape index (κ3) is 4.12. The van der Waals surface area contributed by atoms with Crippen LogP contribution in [0.2, 0.25) is 5.02 Å². The highest BCUT2D eigenvalue weighted by atomic mass is 35.5. The number of halogens is 3. The van der Waals surface area contributed by atoms with E-state index in [1.165, 1.54) is 30.3 Å². The third-order valence-electron chi connectivity index (χ3n) is 3.27. The molecule has 0 radical (unpaired) electrons. The minimum atomic E-state index is -3.51. The van der Waals surface area contributed by atoms with Gasteiger partial charge in [-0.2, -0.15) is 0 Å². The number of anilines is 2. The van der Waals surface area contributed by atoms with Crippen molar-refractivity contribution in [1.82, 2.24) is 0 Å². The van der Waals surface area contributed by atoms with Gasteiger partial charge < -0.3 is 5.32 Å². The minimum absolute atomic E-state index is 0.0191. The zero-order valence-corrected chi connectivity index (χ0v) is 15.5. The molecule has 26 heavy (non-hydrogen) atoms. The molecule has 0 saturated heterocycles. The van der Waals surface area contributed by atoms with Gasteiger partial charge in [0.15, 0.2) is 11.6 Å². The Kier molecular flexibility index (Phi) is 4.87. The molecular weight excluding hydrogens is 406 g/mol. The predicted molar refractivity (Wildman–Crippen MR) is 99.6 cm³/mol. The number of rotatable bonds is 4. The number of hydrogen-bond acceptors (Lipinski definition) is 4. The molecule has 2 aromatic carbocycles. The van der Waals surface area contributed by atoms with Gasteiger partial charge in [0.2, 0.25) is 10.0 Å². The second-order valence-corrected chi connectivity index (χ2v) is 8.71. The summed E-state index contributed by atoms with van der Waals surface area (Å²) in [5.74, 6) is -2.56. The first-order valence-corrected chi connectivity index (χ1v) is 10.2. The second kappa shape index (κ2) is 6.82. The molecular formula is C16H11ClF2N2O3S2. The molecule has 0 bridgehead atoms. The van der Waals surface area contributed by atoms with E-state index >= 15 is 0 Å². The van der Waals surface area contributed by atoms with Crippen LogP contribution < -0.4 is 10.0 Å². The number of amides is 1. The van der Waals surface area contributed by atoms with E-state index in [4.69, 9.17) is 11.6 Å². The summed E-state index contributed by atoms with van der Waals surface area (Å²) in [5.41, 5.74) is 0.428. The highest BCUT2D eigenvalue weighted by molar-refractivity contribution is 7.92. The molecule has 0 fully saturated rings. The maximum Gasteiger partial charge on any atom is 0.265 e. The van der Waals surface area contributed by atoms with Crippen LogP contribution in [0.15, 0.2) is 36.4 Å². The van der Waals surface area contributed by atoms with E-state index in [0.29, 0.717) is 4.70 Å². The molecule has 0 aliphatic rings. The Morgan fingerprint density at radius 2 is 1.81 bits per heavy atom. The van der Waals surface area contributed by atoms with Crippen molar-refractivity contribution in [1.29, 1.82) is 0 Å². The van der Waals surface area contributed by atoms with Gasteiger partial charge in [0.25, 0.3) is 5.91 Å². The summed E-state index contributed by atoms with van der Waals surface area (Å²) >= 11 is 6.94. The zero-order valence-electron chi connectivity index (χ0n) is 13.1. The Hall–Kier alpha value is -2.23. The quantitative estimate of drug-likeness (QED) is 0.659. The first kappa shape index (κ1) is 18.6. The van der Waals surface area contributed by atoms with Gasteiger partial charge in [0.1, 0.15) is 0 Å². The maximum atomic E-state index is 13.8. The fourth-order valence-electron chi connectivity index (χ4n) is 2.29. The van der Waals surface area contributed by atoms with E-state index < -0.39 is 27.6 Å². The molecule has 3 aromatic rings. The van der Waals surface area contributed by atoms with E-state index in [2.05, 4.69) is 10.0 Å². The lowest BCUT2D eigenvalue weighted by molar-refractivity contribution is 0.103. The molecule has 1 aromatic heterocycles. The topological polar surface area (TPSA) is 75.3 Å².